The van der Waals surface area contributed by atoms with Gasteiger partial charge >= 0.3 is 0 Å². The zero-order valence-electron chi connectivity index (χ0n) is 13.8. The first-order valence-electron chi connectivity index (χ1n) is 8.04. The van der Waals surface area contributed by atoms with Crippen molar-refractivity contribution >= 4 is 21.6 Å². The molecule has 0 atom stereocenters. The summed E-state index contributed by atoms with van der Waals surface area (Å²) in [5.74, 6) is -0.835. The fourth-order valence-corrected chi connectivity index (χ4v) is 3.54. The Morgan fingerprint density at radius 3 is 2.54 bits per heavy atom. The number of nitrogens with zero attached hydrogens (tertiary/aromatic N) is 1. The predicted molar refractivity (Wildman–Crippen MR) is 92.8 cm³/mol. The van der Waals surface area contributed by atoms with E-state index in [0.717, 1.165) is 29.8 Å². The highest BCUT2D eigenvalue weighted by atomic mass is 32.2. The van der Waals surface area contributed by atoms with Crippen molar-refractivity contribution in [3.05, 3.63) is 41.7 Å². The first-order valence-corrected chi connectivity index (χ1v) is 9.89. The quantitative estimate of drug-likeness (QED) is 0.766. The summed E-state index contributed by atoms with van der Waals surface area (Å²) >= 11 is 0. The van der Waals surface area contributed by atoms with Crippen LogP contribution in [0.2, 0.25) is 0 Å². The number of allylic oxidation sites excluding steroid dienone is 1. The second-order valence-corrected chi connectivity index (χ2v) is 7.86. The Labute approximate surface area is 142 Å². The van der Waals surface area contributed by atoms with Gasteiger partial charge in [-0.2, -0.15) is 0 Å². The van der Waals surface area contributed by atoms with Crippen molar-refractivity contribution in [1.82, 2.24) is 5.32 Å². The summed E-state index contributed by atoms with van der Waals surface area (Å²) in [6, 6.07) is 5.02. The maximum absolute atomic E-state index is 13.0. The first-order chi connectivity index (χ1) is 11.4. The Balaban J connectivity index is 1.92. The Bertz CT molecular complexity index is 699. The van der Waals surface area contributed by atoms with Crippen LogP contribution in [0.4, 0.5) is 10.1 Å². The second kappa shape index (κ2) is 8.28. The monoisotopic (exact) mass is 354 g/mol. The molecule has 2 rings (SSSR count). The molecule has 0 aromatic heterocycles. The minimum atomic E-state index is -3.63. The highest BCUT2D eigenvalue weighted by Gasteiger charge is 2.20. The molecular formula is C17H23FN2O3S. The molecule has 7 heteroatoms. The van der Waals surface area contributed by atoms with Gasteiger partial charge in [-0.25, -0.2) is 12.8 Å². The number of amides is 1. The largest absolute Gasteiger partial charge is 0.354 e. The van der Waals surface area contributed by atoms with E-state index in [9.17, 15) is 17.6 Å². The van der Waals surface area contributed by atoms with E-state index in [4.69, 9.17) is 0 Å². The maximum Gasteiger partial charge on any atom is 0.240 e. The van der Waals surface area contributed by atoms with Crippen molar-refractivity contribution in [2.45, 2.75) is 32.1 Å². The standard InChI is InChI=1S/C17H23FN2O3S/c1-24(22,23)20(16-9-7-15(18)8-10-16)13-17(21)19-12-11-14-5-3-2-4-6-14/h5,7-10H,2-4,6,11-13H2,1H3,(H,19,21). The Kier molecular flexibility index (Phi) is 6.36. The fraction of sp³-hybridized carbons (Fsp3) is 0.471. The summed E-state index contributed by atoms with van der Waals surface area (Å²) in [5.41, 5.74) is 1.61. The summed E-state index contributed by atoms with van der Waals surface area (Å²) in [7, 11) is -3.63. The van der Waals surface area contributed by atoms with Gasteiger partial charge in [0.05, 0.1) is 11.9 Å². The van der Waals surface area contributed by atoms with Gasteiger partial charge < -0.3 is 5.32 Å². The van der Waals surface area contributed by atoms with Crippen LogP contribution in [0.1, 0.15) is 32.1 Å². The van der Waals surface area contributed by atoms with Gasteiger partial charge in [-0.1, -0.05) is 11.6 Å². The van der Waals surface area contributed by atoms with Crippen molar-refractivity contribution in [2.75, 3.05) is 23.7 Å². The van der Waals surface area contributed by atoms with Crippen molar-refractivity contribution in [3.8, 4) is 0 Å². The van der Waals surface area contributed by atoms with E-state index in [1.165, 1.54) is 42.7 Å². The molecule has 1 aliphatic rings. The lowest BCUT2D eigenvalue weighted by Crippen LogP contribution is -2.40. The molecule has 0 spiro atoms. The average Bonchev–Trinajstić information content (AvgIpc) is 2.54. The molecule has 0 heterocycles. The number of rotatable bonds is 7. The third-order valence-corrected chi connectivity index (χ3v) is 5.10. The van der Waals surface area contributed by atoms with Gasteiger partial charge in [-0.3, -0.25) is 9.10 Å². The SMILES string of the molecule is CS(=O)(=O)N(CC(=O)NCCC1=CCCCC1)c1ccc(F)cc1. The molecular weight excluding hydrogens is 331 g/mol. The summed E-state index contributed by atoms with van der Waals surface area (Å²) < 4.78 is 37.8. The lowest BCUT2D eigenvalue weighted by molar-refractivity contribution is -0.119. The molecule has 1 aromatic carbocycles. The smallest absolute Gasteiger partial charge is 0.240 e. The Hall–Kier alpha value is -1.89. The van der Waals surface area contributed by atoms with E-state index < -0.39 is 15.8 Å². The third-order valence-electron chi connectivity index (χ3n) is 3.96. The molecule has 132 valence electrons. The van der Waals surface area contributed by atoms with Crippen LogP contribution >= 0.6 is 0 Å². The highest BCUT2D eigenvalue weighted by molar-refractivity contribution is 7.92. The van der Waals surface area contributed by atoms with Crippen LogP contribution in [-0.2, 0) is 14.8 Å². The number of carbonyl (C=O) groups excluding carboxylic acids is 1. The normalized spacial score (nSPS) is 14.8. The summed E-state index contributed by atoms with van der Waals surface area (Å²) in [6.07, 6.45) is 8.61. The molecule has 1 aliphatic carbocycles. The zero-order valence-corrected chi connectivity index (χ0v) is 14.6. The van der Waals surface area contributed by atoms with E-state index in [1.807, 2.05) is 0 Å². The molecule has 0 bridgehead atoms. The first kappa shape index (κ1) is 18.4. The second-order valence-electron chi connectivity index (χ2n) is 5.95. The van der Waals surface area contributed by atoms with Crippen LogP contribution in [-0.4, -0.2) is 33.7 Å². The number of sulfonamides is 1. The number of hydrogen-bond acceptors (Lipinski definition) is 3. The molecule has 1 N–H and O–H groups in total. The van der Waals surface area contributed by atoms with Gasteiger partial charge in [0, 0.05) is 6.54 Å². The molecule has 0 aliphatic heterocycles. The Morgan fingerprint density at radius 1 is 1.25 bits per heavy atom. The van der Waals surface area contributed by atoms with E-state index in [2.05, 4.69) is 11.4 Å². The average molecular weight is 354 g/mol. The topological polar surface area (TPSA) is 66.5 Å². The molecule has 0 unspecified atom stereocenters. The molecule has 1 aromatic rings. The van der Waals surface area contributed by atoms with Crippen molar-refractivity contribution in [3.63, 3.8) is 0 Å². The van der Waals surface area contributed by atoms with E-state index >= 15 is 0 Å². The van der Waals surface area contributed by atoms with Crippen LogP contribution in [0.15, 0.2) is 35.9 Å². The van der Waals surface area contributed by atoms with Crippen LogP contribution in [0.3, 0.4) is 0 Å². The van der Waals surface area contributed by atoms with Gasteiger partial charge in [-0.15, -0.1) is 0 Å². The highest BCUT2D eigenvalue weighted by Crippen LogP contribution is 2.20. The predicted octanol–water partition coefficient (Wildman–Crippen LogP) is 2.60. The van der Waals surface area contributed by atoms with Crippen molar-refractivity contribution in [2.24, 2.45) is 0 Å². The number of carbonyl (C=O) groups is 1. The number of nitrogens with one attached hydrogen (secondary N) is 1. The lowest BCUT2D eigenvalue weighted by atomic mass is 9.97. The minimum absolute atomic E-state index is 0.268. The molecule has 0 fully saturated rings. The number of hydrogen-bond donors (Lipinski definition) is 1. The molecule has 1 amide bonds. The lowest BCUT2D eigenvalue weighted by Gasteiger charge is -2.22. The van der Waals surface area contributed by atoms with E-state index in [0.29, 0.717) is 6.54 Å². The van der Waals surface area contributed by atoms with E-state index in [-0.39, 0.29) is 18.1 Å². The van der Waals surface area contributed by atoms with Crippen LogP contribution in [0, 0.1) is 5.82 Å². The van der Waals surface area contributed by atoms with Gasteiger partial charge in [0.25, 0.3) is 0 Å². The van der Waals surface area contributed by atoms with Gasteiger partial charge in [-0.05, 0) is 56.4 Å². The van der Waals surface area contributed by atoms with Gasteiger partial charge in [0.15, 0.2) is 0 Å². The van der Waals surface area contributed by atoms with Crippen LogP contribution < -0.4 is 9.62 Å². The Morgan fingerprint density at radius 2 is 1.96 bits per heavy atom. The molecule has 0 saturated carbocycles. The molecule has 0 radical (unpaired) electrons. The summed E-state index contributed by atoms with van der Waals surface area (Å²) in [5, 5.41) is 2.75. The van der Waals surface area contributed by atoms with Crippen LogP contribution in [0.5, 0.6) is 0 Å². The third kappa shape index (κ3) is 5.63. The number of halogens is 1. The van der Waals surface area contributed by atoms with E-state index in [1.54, 1.807) is 0 Å². The summed E-state index contributed by atoms with van der Waals surface area (Å²) in [4.78, 5) is 12.1. The van der Waals surface area contributed by atoms with Gasteiger partial charge in [0.2, 0.25) is 15.9 Å². The summed E-state index contributed by atoms with van der Waals surface area (Å²) in [6.45, 7) is 0.176. The molecule has 0 saturated heterocycles. The zero-order chi connectivity index (χ0) is 17.6. The number of anilines is 1. The minimum Gasteiger partial charge on any atom is -0.354 e. The molecule has 24 heavy (non-hydrogen) atoms. The molecule has 5 nitrogen and oxygen atoms in total. The maximum atomic E-state index is 13.0. The van der Waals surface area contributed by atoms with Crippen molar-refractivity contribution < 1.29 is 17.6 Å². The number of benzene rings is 1. The fourth-order valence-electron chi connectivity index (χ4n) is 2.69. The van der Waals surface area contributed by atoms with Crippen LogP contribution in [0.25, 0.3) is 0 Å². The van der Waals surface area contributed by atoms with Crippen molar-refractivity contribution in [1.29, 1.82) is 0 Å². The van der Waals surface area contributed by atoms with Gasteiger partial charge in [0.1, 0.15) is 12.4 Å².